The van der Waals surface area contributed by atoms with Gasteiger partial charge in [0.15, 0.2) is 5.11 Å². The molecule has 0 atom stereocenters. The number of anilines is 1. The van der Waals surface area contributed by atoms with Crippen molar-refractivity contribution in [3.63, 3.8) is 0 Å². The van der Waals surface area contributed by atoms with Gasteiger partial charge in [-0.2, -0.15) is 0 Å². The zero-order valence-electron chi connectivity index (χ0n) is 12.2. The second-order valence-electron chi connectivity index (χ2n) is 4.97. The molecular weight excluding hydrogens is 300 g/mol. The van der Waals surface area contributed by atoms with E-state index in [0.29, 0.717) is 5.11 Å². The number of aryl methyl sites for hydroxylation is 1. The standard InChI is InChI=1S/C17H19ClN2S/c1-12-6-3-4-7-14(12)10-11-19-17(21)20-16-9-5-8-15(18)13(16)2/h3-9H,10-11H2,1-2H3,(H2,19,20,21). The lowest BCUT2D eigenvalue weighted by atomic mass is 10.1. The minimum absolute atomic E-state index is 0.619. The molecule has 110 valence electrons. The van der Waals surface area contributed by atoms with Crippen molar-refractivity contribution in [1.82, 2.24) is 5.32 Å². The molecule has 0 amide bonds. The molecule has 2 aromatic carbocycles. The second kappa shape index (κ2) is 7.43. The Balaban J connectivity index is 1.85. The van der Waals surface area contributed by atoms with Crippen molar-refractivity contribution in [3.8, 4) is 0 Å². The lowest BCUT2D eigenvalue weighted by molar-refractivity contribution is 0.867. The molecule has 21 heavy (non-hydrogen) atoms. The van der Waals surface area contributed by atoms with E-state index in [2.05, 4.69) is 41.8 Å². The smallest absolute Gasteiger partial charge is 0.170 e. The average molecular weight is 319 g/mol. The van der Waals surface area contributed by atoms with E-state index in [9.17, 15) is 0 Å². The second-order valence-corrected chi connectivity index (χ2v) is 5.79. The van der Waals surface area contributed by atoms with Crippen LogP contribution in [0.3, 0.4) is 0 Å². The van der Waals surface area contributed by atoms with Crippen molar-refractivity contribution in [2.24, 2.45) is 0 Å². The molecule has 0 bridgehead atoms. The van der Waals surface area contributed by atoms with Gasteiger partial charge in [-0.05, 0) is 61.3 Å². The number of thiocarbonyl (C=S) groups is 1. The first-order chi connectivity index (χ1) is 10.1. The molecule has 2 nitrogen and oxygen atoms in total. The van der Waals surface area contributed by atoms with Crippen molar-refractivity contribution in [2.45, 2.75) is 20.3 Å². The van der Waals surface area contributed by atoms with E-state index in [4.69, 9.17) is 23.8 Å². The van der Waals surface area contributed by atoms with Crippen molar-refractivity contribution in [1.29, 1.82) is 0 Å². The SMILES string of the molecule is Cc1ccccc1CCNC(=S)Nc1cccc(Cl)c1C. The third kappa shape index (κ3) is 4.45. The van der Waals surface area contributed by atoms with Crippen LogP contribution in [0.1, 0.15) is 16.7 Å². The van der Waals surface area contributed by atoms with E-state index >= 15 is 0 Å². The summed E-state index contributed by atoms with van der Waals surface area (Å²) < 4.78 is 0. The molecule has 4 heteroatoms. The quantitative estimate of drug-likeness (QED) is 0.812. The van der Waals surface area contributed by atoms with E-state index in [1.165, 1.54) is 11.1 Å². The molecule has 0 fully saturated rings. The third-order valence-electron chi connectivity index (χ3n) is 3.46. The fourth-order valence-electron chi connectivity index (χ4n) is 2.11. The molecule has 0 aliphatic rings. The maximum Gasteiger partial charge on any atom is 0.170 e. The van der Waals surface area contributed by atoms with Crippen LogP contribution in [-0.2, 0) is 6.42 Å². The average Bonchev–Trinajstić information content (AvgIpc) is 2.46. The van der Waals surface area contributed by atoms with Gasteiger partial charge in [0.1, 0.15) is 0 Å². The fraction of sp³-hybridized carbons (Fsp3) is 0.235. The molecule has 0 aliphatic carbocycles. The van der Waals surface area contributed by atoms with Crippen LogP contribution in [0.15, 0.2) is 42.5 Å². The van der Waals surface area contributed by atoms with Gasteiger partial charge < -0.3 is 10.6 Å². The molecular formula is C17H19ClN2S. The zero-order chi connectivity index (χ0) is 15.2. The Labute approximate surface area is 136 Å². The maximum atomic E-state index is 6.10. The van der Waals surface area contributed by atoms with Gasteiger partial charge in [0.2, 0.25) is 0 Å². The Morgan fingerprint density at radius 1 is 1.10 bits per heavy atom. The summed E-state index contributed by atoms with van der Waals surface area (Å²) in [6, 6.07) is 14.1. The largest absolute Gasteiger partial charge is 0.362 e. The van der Waals surface area contributed by atoms with Crippen molar-refractivity contribution >= 4 is 34.6 Å². The van der Waals surface area contributed by atoms with Crippen LogP contribution in [0.5, 0.6) is 0 Å². The summed E-state index contributed by atoms with van der Waals surface area (Å²) >= 11 is 11.4. The highest BCUT2D eigenvalue weighted by molar-refractivity contribution is 7.80. The first-order valence-electron chi connectivity index (χ1n) is 6.92. The van der Waals surface area contributed by atoms with Crippen LogP contribution in [0.2, 0.25) is 5.02 Å². The maximum absolute atomic E-state index is 6.10. The Morgan fingerprint density at radius 3 is 2.62 bits per heavy atom. The lowest BCUT2D eigenvalue weighted by Gasteiger charge is -2.13. The highest BCUT2D eigenvalue weighted by atomic mass is 35.5. The van der Waals surface area contributed by atoms with Crippen LogP contribution in [0, 0.1) is 13.8 Å². The molecule has 0 aromatic heterocycles. The normalized spacial score (nSPS) is 10.2. The van der Waals surface area contributed by atoms with Gasteiger partial charge in [-0.3, -0.25) is 0 Å². The van der Waals surface area contributed by atoms with E-state index in [1.54, 1.807) is 0 Å². The minimum Gasteiger partial charge on any atom is -0.362 e. The van der Waals surface area contributed by atoms with Crippen LogP contribution in [0.25, 0.3) is 0 Å². The number of nitrogens with one attached hydrogen (secondary N) is 2. The zero-order valence-corrected chi connectivity index (χ0v) is 13.8. The number of halogens is 1. The summed E-state index contributed by atoms with van der Waals surface area (Å²) in [5, 5.41) is 7.78. The molecule has 0 radical (unpaired) electrons. The van der Waals surface area contributed by atoms with Crippen molar-refractivity contribution in [3.05, 3.63) is 64.2 Å². The first kappa shape index (κ1) is 15.8. The summed E-state index contributed by atoms with van der Waals surface area (Å²) in [5.74, 6) is 0. The van der Waals surface area contributed by atoms with Crippen molar-refractivity contribution in [2.75, 3.05) is 11.9 Å². The summed E-state index contributed by atoms with van der Waals surface area (Å²) in [7, 11) is 0. The van der Waals surface area contributed by atoms with Crippen LogP contribution in [0.4, 0.5) is 5.69 Å². The molecule has 2 N–H and O–H groups in total. The Morgan fingerprint density at radius 2 is 1.86 bits per heavy atom. The predicted octanol–water partition coefficient (Wildman–Crippen LogP) is 4.49. The molecule has 0 heterocycles. The van der Waals surface area contributed by atoms with Gasteiger partial charge >= 0.3 is 0 Å². The van der Waals surface area contributed by atoms with Gasteiger partial charge in [0.25, 0.3) is 0 Å². The van der Waals surface area contributed by atoms with Gasteiger partial charge in [-0.25, -0.2) is 0 Å². The highest BCUT2D eigenvalue weighted by Gasteiger charge is 2.04. The Kier molecular flexibility index (Phi) is 5.59. The highest BCUT2D eigenvalue weighted by Crippen LogP contribution is 2.22. The summed E-state index contributed by atoms with van der Waals surface area (Å²) in [6.07, 6.45) is 0.947. The van der Waals surface area contributed by atoms with E-state index in [-0.39, 0.29) is 0 Å². The van der Waals surface area contributed by atoms with Crippen LogP contribution < -0.4 is 10.6 Å². The molecule has 0 unspecified atom stereocenters. The fourth-order valence-corrected chi connectivity index (χ4v) is 2.50. The van der Waals surface area contributed by atoms with Gasteiger partial charge in [-0.1, -0.05) is 41.9 Å². The van der Waals surface area contributed by atoms with E-state index in [0.717, 1.165) is 29.2 Å². The Hall–Kier alpha value is -1.58. The summed E-state index contributed by atoms with van der Waals surface area (Å²) in [6.45, 7) is 4.90. The molecule has 0 saturated heterocycles. The minimum atomic E-state index is 0.619. The Bertz CT molecular complexity index is 640. The van der Waals surface area contributed by atoms with Gasteiger partial charge in [0.05, 0.1) is 0 Å². The van der Waals surface area contributed by atoms with Crippen molar-refractivity contribution < 1.29 is 0 Å². The number of hydrogen-bond donors (Lipinski definition) is 2. The summed E-state index contributed by atoms with van der Waals surface area (Å²) in [5.41, 5.74) is 4.59. The van der Waals surface area contributed by atoms with E-state index in [1.807, 2.05) is 25.1 Å². The lowest BCUT2D eigenvalue weighted by Crippen LogP contribution is -2.30. The third-order valence-corrected chi connectivity index (χ3v) is 4.11. The van der Waals surface area contributed by atoms with Gasteiger partial charge in [0, 0.05) is 17.3 Å². The molecule has 2 aromatic rings. The molecule has 0 spiro atoms. The number of benzene rings is 2. The molecule has 2 rings (SSSR count). The molecule has 0 aliphatic heterocycles. The van der Waals surface area contributed by atoms with Crippen LogP contribution in [-0.4, -0.2) is 11.7 Å². The first-order valence-corrected chi connectivity index (χ1v) is 7.71. The van der Waals surface area contributed by atoms with Crippen LogP contribution >= 0.6 is 23.8 Å². The monoisotopic (exact) mass is 318 g/mol. The molecule has 0 saturated carbocycles. The number of hydrogen-bond acceptors (Lipinski definition) is 1. The number of rotatable bonds is 4. The summed E-state index contributed by atoms with van der Waals surface area (Å²) in [4.78, 5) is 0. The predicted molar refractivity (Wildman–Crippen MR) is 95.3 cm³/mol. The van der Waals surface area contributed by atoms with E-state index < -0.39 is 0 Å². The van der Waals surface area contributed by atoms with Gasteiger partial charge in [-0.15, -0.1) is 0 Å². The topological polar surface area (TPSA) is 24.1 Å².